The molecule has 0 saturated heterocycles. The molecule has 0 aliphatic rings. The third kappa shape index (κ3) is 3.45. The quantitative estimate of drug-likeness (QED) is 0.593. The average molecular weight is 144 g/mol. The highest BCUT2D eigenvalue weighted by Gasteiger charge is 2.04. The Morgan fingerprint density at radius 2 is 2.10 bits per heavy atom. The van der Waals surface area contributed by atoms with Crippen molar-refractivity contribution in [3.8, 4) is 0 Å². The summed E-state index contributed by atoms with van der Waals surface area (Å²) in [5, 5.41) is 1.80. The number of hydrogen-bond donors (Lipinski definition) is 1. The van der Waals surface area contributed by atoms with Gasteiger partial charge in [-0.05, 0) is 13.8 Å². The Kier molecular flexibility index (Phi) is 4.03. The van der Waals surface area contributed by atoms with E-state index in [-0.39, 0.29) is 5.91 Å². The van der Waals surface area contributed by atoms with Gasteiger partial charge in [-0.15, -0.1) is 0 Å². The molecule has 10 heavy (non-hydrogen) atoms. The van der Waals surface area contributed by atoms with E-state index in [0.717, 1.165) is 0 Å². The zero-order valence-electron chi connectivity index (χ0n) is 7.14. The van der Waals surface area contributed by atoms with E-state index in [9.17, 15) is 4.79 Å². The minimum atomic E-state index is 0.0659. The Morgan fingerprint density at radius 3 is 2.40 bits per heavy atom. The molecular weight excluding hydrogens is 128 g/mol. The first kappa shape index (κ1) is 9.43. The van der Waals surface area contributed by atoms with E-state index in [1.807, 2.05) is 27.8 Å². The van der Waals surface area contributed by atoms with Crippen LogP contribution in [0.5, 0.6) is 0 Å². The first-order valence-corrected chi connectivity index (χ1v) is 3.60. The van der Waals surface area contributed by atoms with Gasteiger partial charge in [-0.3, -0.25) is 10.2 Å². The minimum absolute atomic E-state index is 0.0659. The van der Waals surface area contributed by atoms with Crippen LogP contribution in [-0.4, -0.2) is 24.0 Å². The molecule has 0 heterocycles. The molecule has 0 bridgehead atoms. The third-order valence-corrected chi connectivity index (χ3v) is 1.40. The highest BCUT2D eigenvalue weighted by molar-refractivity contribution is 5.74. The van der Waals surface area contributed by atoms with E-state index in [0.29, 0.717) is 12.5 Å². The second kappa shape index (κ2) is 4.28. The minimum Gasteiger partial charge on any atom is -0.289 e. The van der Waals surface area contributed by atoms with Crippen LogP contribution in [0.2, 0.25) is 0 Å². The number of rotatable bonds is 3. The summed E-state index contributed by atoms with van der Waals surface area (Å²) >= 11 is 0. The largest absolute Gasteiger partial charge is 0.289 e. The molecule has 0 aromatic heterocycles. The fraction of sp³-hybridized carbons (Fsp3) is 0.857. The van der Waals surface area contributed by atoms with Gasteiger partial charge in [0.15, 0.2) is 0 Å². The van der Waals surface area contributed by atoms with Crippen molar-refractivity contribution in [1.82, 2.24) is 10.4 Å². The van der Waals surface area contributed by atoms with Gasteiger partial charge in [0.05, 0.1) is 0 Å². The molecule has 0 atom stereocenters. The normalized spacial score (nSPS) is 10.6. The number of amides is 1. The van der Waals surface area contributed by atoms with Crippen molar-refractivity contribution in [2.75, 3.05) is 7.05 Å². The summed E-state index contributed by atoms with van der Waals surface area (Å²) in [6.07, 6.45) is 0.539. The van der Waals surface area contributed by atoms with Crippen molar-refractivity contribution < 1.29 is 4.79 Å². The van der Waals surface area contributed by atoms with Crippen LogP contribution >= 0.6 is 0 Å². The predicted molar refractivity (Wildman–Crippen MR) is 41.3 cm³/mol. The summed E-state index contributed by atoms with van der Waals surface area (Å²) in [6, 6.07) is 0.357. The van der Waals surface area contributed by atoms with Crippen molar-refractivity contribution in [2.24, 2.45) is 0 Å². The molecule has 0 aliphatic heterocycles. The van der Waals surface area contributed by atoms with Crippen molar-refractivity contribution in [3.05, 3.63) is 0 Å². The summed E-state index contributed by atoms with van der Waals surface area (Å²) in [6.45, 7) is 5.88. The van der Waals surface area contributed by atoms with Crippen molar-refractivity contribution in [2.45, 2.75) is 33.2 Å². The second-order valence-corrected chi connectivity index (χ2v) is 2.59. The maximum absolute atomic E-state index is 10.8. The molecule has 0 radical (unpaired) electrons. The number of hydrogen-bond acceptors (Lipinski definition) is 2. The second-order valence-electron chi connectivity index (χ2n) is 2.59. The van der Waals surface area contributed by atoms with Gasteiger partial charge in [0.2, 0.25) is 5.91 Å². The number of carbonyl (C=O) groups is 1. The molecule has 0 spiro atoms. The van der Waals surface area contributed by atoms with E-state index in [1.165, 1.54) is 0 Å². The van der Waals surface area contributed by atoms with Crippen LogP contribution in [0.3, 0.4) is 0 Å². The molecule has 0 aromatic rings. The Labute approximate surface area is 62.4 Å². The van der Waals surface area contributed by atoms with Crippen LogP contribution in [0.4, 0.5) is 0 Å². The molecule has 0 rings (SSSR count). The van der Waals surface area contributed by atoms with E-state index in [1.54, 1.807) is 5.01 Å². The first-order chi connectivity index (χ1) is 4.57. The number of carbonyl (C=O) groups excluding carboxylic acids is 1. The lowest BCUT2D eigenvalue weighted by atomic mass is 10.4. The molecular formula is C7H16N2O. The van der Waals surface area contributed by atoms with E-state index < -0.39 is 0 Å². The highest BCUT2D eigenvalue weighted by atomic mass is 16.2. The predicted octanol–water partition coefficient (Wildman–Crippen LogP) is 0.768. The van der Waals surface area contributed by atoms with Gasteiger partial charge in [-0.2, -0.15) is 0 Å². The SMILES string of the molecule is CCC(=O)NN(C)C(C)C. The lowest BCUT2D eigenvalue weighted by Crippen LogP contribution is -2.43. The molecule has 3 nitrogen and oxygen atoms in total. The molecule has 3 heteroatoms. The smallest absolute Gasteiger partial charge is 0.233 e. The van der Waals surface area contributed by atoms with Crippen molar-refractivity contribution >= 4 is 5.91 Å². The van der Waals surface area contributed by atoms with Crippen LogP contribution in [0.25, 0.3) is 0 Å². The zero-order chi connectivity index (χ0) is 8.15. The van der Waals surface area contributed by atoms with Gasteiger partial charge in [-0.1, -0.05) is 6.92 Å². The van der Waals surface area contributed by atoms with Crippen LogP contribution < -0.4 is 5.43 Å². The van der Waals surface area contributed by atoms with E-state index >= 15 is 0 Å². The Morgan fingerprint density at radius 1 is 1.60 bits per heavy atom. The van der Waals surface area contributed by atoms with Gasteiger partial charge in [0.25, 0.3) is 0 Å². The lowest BCUT2D eigenvalue weighted by Gasteiger charge is -2.21. The van der Waals surface area contributed by atoms with Crippen molar-refractivity contribution in [1.29, 1.82) is 0 Å². The van der Waals surface area contributed by atoms with Gasteiger partial charge in [0, 0.05) is 19.5 Å². The van der Waals surface area contributed by atoms with Gasteiger partial charge in [-0.25, -0.2) is 5.01 Å². The zero-order valence-corrected chi connectivity index (χ0v) is 7.14. The Balaban J connectivity index is 3.57. The summed E-state index contributed by atoms with van der Waals surface area (Å²) in [5.74, 6) is 0.0659. The average Bonchev–Trinajstić information content (AvgIpc) is 1.87. The van der Waals surface area contributed by atoms with E-state index in [2.05, 4.69) is 5.43 Å². The van der Waals surface area contributed by atoms with Gasteiger partial charge in [0.1, 0.15) is 0 Å². The van der Waals surface area contributed by atoms with Crippen molar-refractivity contribution in [3.63, 3.8) is 0 Å². The summed E-state index contributed by atoms with van der Waals surface area (Å²) in [4.78, 5) is 10.8. The molecule has 0 unspecified atom stereocenters. The highest BCUT2D eigenvalue weighted by Crippen LogP contribution is 1.88. The molecule has 0 aliphatic carbocycles. The van der Waals surface area contributed by atoms with Gasteiger partial charge >= 0.3 is 0 Å². The fourth-order valence-electron chi connectivity index (χ4n) is 0.405. The topological polar surface area (TPSA) is 32.3 Å². The lowest BCUT2D eigenvalue weighted by molar-refractivity contribution is -0.125. The van der Waals surface area contributed by atoms with Crippen LogP contribution in [-0.2, 0) is 4.79 Å². The molecule has 0 fully saturated rings. The summed E-state index contributed by atoms with van der Waals surface area (Å²) in [5.41, 5.74) is 2.72. The number of nitrogens with zero attached hydrogens (tertiary/aromatic N) is 1. The number of hydrazine groups is 1. The van der Waals surface area contributed by atoms with Crippen LogP contribution in [0.15, 0.2) is 0 Å². The standard InChI is InChI=1S/C7H16N2O/c1-5-7(10)8-9(4)6(2)3/h6H,5H2,1-4H3,(H,8,10). The maximum atomic E-state index is 10.8. The Hall–Kier alpha value is -0.570. The van der Waals surface area contributed by atoms with E-state index in [4.69, 9.17) is 0 Å². The summed E-state index contributed by atoms with van der Waals surface area (Å²) < 4.78 is 0. The fourth-order valence-corrected chi connectivity index (χ4v) is 0.405. The molecule has 1 N–H and O–H groups in total. The Bertz CT molecular complexity index is 112. The molecule has 60 valence electrons. The van der Waals surface area contributed by atoms with Gasteiger partial charge < -0.3 is 0 Å². The molecule has 1 amide bonds. The third-order valence-electron chi connectivity index (χ3n) is 1.40. The molecule has 0 saturated carbocycles. The maximum Gasteiger partial charge on any atom is 0.233 e. The summed E-state index contributed by atoms with van der Waals surface area (Å²) in [7, 11) is 1.86. The van der Waals surface area contributed by atoms with Crippen LogP contribution in [0.1, 0.15) is 27.2 Å². The molecule has 0 aromatic carbocycles. The first-order valence-electron chi connectivity index (χ1n) is 3.60. The monoisotopic (exact) mass is 144 g/mol. The number of nitrogens with one attached hydrogen (secondary N) is 1. The van der Waals surface area contributed by atoms with Crippen LogP contribution in [0, 0.1) is 0 Å².